The number of carbonyl (C=O) groups excluding carboxylic acids is 1. The highest BCUT2D eigenvalue weighted by Crippen LogP contribution is 2.31. The number of β-amino-alcohol motifs (C(OH)–C–C–N with tert-alkyl or cyclic N) is 1. The fraction of sp³-hybridized carbons (Fsp3) is 0.296. The molecule has 4 rings (SSSR count). The zero-order chi connectivity index (χ0) is 22.5. The molecule has 1 saturated heterocycles. The third-order valence-corrected chi connectivity index (χ3v) is 6.33. The summed E-state index contributed by atoms with van der Waals surface area (Å²) in [7, 11) is 1.88. The molecule has 2 atom stereocenters. The lowest BCUT2D eigenvalue weighted by molar-refractivity contribution is -0.133. The standard InChI is InChI=1S/C27H31N3O2/c1-29(25(19-30-17-16-24(31)18-30)20-12-14-23(28)15-13-20)27(32)26(21-8-4-2-5-9-21)22-10-6-3-7-11-22/h2-15,24-26,31H,16-19,28H2,1H3/t24-,25+/m0/s1. The maximum Gasteiger partial charge on any atom is 0.234 e. The van der Waals surface area contributed by atoms with Gasteiger partial charge in [-0.15, -0.1) is 0 Å². The molecule has 5 heteroatoms. The number of nitrogens with two attached hydrogens (primary N) is 1. The molecule has 3 aromatic rings. The Hall–Kier alpha value is -3.15. The second kappa shape index (κ2) is 9.98. The molecule has 32 heavy (non-hydrogen) atoms. The summed E-state index contributed by atoms with van der Waals surface area (Å²) in [6, 6.07) is 27.5. The summed E-state index contributed by atoms with van der Waals surface area (Å²) in [5.41, 5.74) is 9.61. The Morgan fingerprint density at radius 3 is 2.03 bits per heavy atom. The number of nitrogens with zero attached hydrogens (tertiary/aromatic N) is 2. The van der Waals surface area contributed by atoms with Gasteiger partial charge in [-0.05, 0) is 35.2 Å². The molecular weight excluding hydrogens is 398 g/mol. The fourth-order valence-corrected chi connectivity index (χ4v) is 4.52. The van der Waals surface area contributed by atoms with E-state index in [1.807, 2.05) is 96.9 Å². The topological polar surface area (TPSA) is 69.8 Å². The van der Waals surface area contributed by atoms with Crippen LogP contribution >= 0.6 is 0 Å². The molecule has 0 radical (unpaired) electrons. The van der Waals surface area contributed by atoms with Crippen molar-refractivity contribution in [1.82, 2.24) is 9.80 Å². The number of anilines is 1. The predicted octanol–water partition coefficient (Wildman–Crippen LogP) is 3.67. The maximum absolute atomic E-state index is 14.0. The highest BCUT2D eigenvalue weighted by Gasteiger charge is 2.32. The number of likely N-dealkylation sites (tertiary alicyclic amines) is 1. The van der Waals surface area contributed by atoms with Crippen LogP contribution in [0.1, 0.15) is 35.1 Å². The van der Waals surface area contributed by atoms with E-state index < -0.39 is 0 Å². The summed E-state index contributed by atoms with van der Waals surface area (Å²) < 4.78 is 0. The molecule has 1 aliphatic heterocycles. The smallest absolute Gasteiger partial charge is 0.234 e. The third kappa shape index (κ3) is 5.01. The van der Waals surface area contributed by atoms with Gasteiger partial charge in [0.2, 0.25) is 5.91 Å². The summed E-state index contributed by atoms with van der Waals surface area (Å²) in [5.74, 6) is -0.341. The van der Waals surface area contributed by atoms with Gasteiger partial charge in [0, 0.05) is 32.4 Å². The van der Waals surface area contributed by atoms with Crippen LogP contribution in [0.15, 0.2) is 84.9 Å². The summed E-state index contributed by atoms with van der Waals surface area (Å²) in [5, 5.41) is 10.0. The summed E-state index contributed by atoms with van der Waals surface area (Å²) >= 11 is 0. The molecule has 1 heterocycles. The number of aliphatic hydroxyl groups is 1. The quantitative estimate of drug-likeness (QED) is 0.563. The minimum absolute atomic E-state index is 0.0453. The van der Waals surface area contributed by atoms with Gasteiger partial charge < -0.3 is 15.7 Å². The van der Waals surface area contributed by atoms with Crippen molar-refractivity contribution in [2.24, 2.45) is 0 Å². The van der Waals surface area contributed by atoms with Gasteiger partial charge >= 0.3 is 0 Å². The first-order valence-electron chi connectivity index (χ1n) is 11.2. The molecule has 1 amide bonds. The molecule has 5 nitrogen and oxygen atoms in total. The normalized spacial score (nSPS) is 17.4. The zero-order valence-corrected chi connectivity index (χ0v) is 18.5. The van der Waals surface area contributed by atoms with Crippen LogP contribution in [0.25, 0.3) is 0 Å². The van der Waals surface area contributed by atoms with Gasteiger partial charge in [0.25, 0.3) is 0 Å². The van der Waals surface area contributed by atoms with Gasteiger partial charge in [-0.1, -0.05) is 72.8 Å². The lowest BCUT2D eigenvalue weighted by atomic mass is 9.89. The molecule has 3 N–H and O–H groups in total. The fourth-order valence-electron chi connectivity index (χ4n) is 4.52. The van der Waals surface area contributed by atoms with E-state index in [0.717, 1.165) is 29.7 Å². The predicted molar refractivity (Wildman–Crippen MR) is 128 cm³/mol. The van der Waals surface area contributed by atoms with Crippen LogP contribution < -0.4 is 5.73 Å². The Bertz CT molecular complexity index is 969. The van der Waals surface area contributed by atoms with Crippen LogP contribution in [0.2, 0.25) is 0 Å². The molecular formula is C27H31N3O2. The largest absolute Gasteiger partial charge is 0.399 e. The van der Waals surface area contributed by atoms with Gasteiger partial charge in [-0.3, -0.25) is 9.69 Å². The van der Waals surface area contributed by atoms with Crippen molar-refractivity contribution in [3.63, 3.8) is 0 Å². The number of amides is 1. The lowest BCUT2D eigenvalue weighted by Gasteiger charge is -2.34. The monoisotopic (exact) mass is 429 g/mol. The van der Waals surface area contributed by atoms with Crippen molar-refractivity contribution >= 4 is 11.6 Å². The number of hydrogen-bond acceptors (Lipinski definition) is 4. The first kappa shape index (κ1) is 22.1. The van der Waals surface area contributed by atoms with Gasteiger partial charge in [0.15, 0.2) is 0 Å². The minimum Gasteiger partial charge on any atom is -0.399 e. The summed E-state index contributed by atoms with van der Waals surface area (Å²) in [6.45, 7) is 2.13. The van der Waals surface area contributed by atoms with Crippen LogP contribution in [0, 0.1) is 0 Å². The molecule has 3 aromatic carbocycles. The van der Waals surface area contributed by atoms with E-state index in [1.165, 1.54) is 0 Å². The summed E-state index contributed by atoms with van der Waals surface area (Å²) in [6.07, 6.45) is 0.465. The average molecular weight is 430 g/mol. The Labute approximate surface area is 190 Å². The minimum atomic E-state index is -0.386. The number of nitrogen functional groups attached to an aromatic ring is 1. The molecule has 0 aliphatic carbocycles. The van der Waals surface area contributed by atoms with Crippen LogP contribution in [0.4, 0.5) is 5.69 Å². The first-order chi connectivity index (χ1) is 15.5. The number of rotatable bonds is 7. The first-order valence-corrected chi connectivity index (χ1v) is 11.2. The van der Waals surface area contributed by atoms with E-state index >= 15 is 0 Å². The molecule has 0 spiro atoms. The molecule has 0 unspecified atom stereocenters. The number of likely N-dealkylation sites (N-methyl/N-ethyl adjacent to an activating group) is 1. The highest BCUT2D eigenvalue weighted by atomic mass is 16.3. The van der Waals surface area contributed by atoms with E-state index in [9.17, 15) is 9.90 Å². The Balaban J connectivity index is 1.68. The van der Waals surface area contributed by atoms with Crippen LogP contribution in [-0.4, -0.2) is 53.6 Å². The SMILES string of the molecule is CN(C(=O)C(c1ccccc1)c1ccccc1)[C@H](CN1CC[C@H](O)C1)c1ccc(N)cc1. The second-order valence-electron chi connectivity index (χ2n) is 8.59. The van der Waals surface area contributed by atoms with E-state index in [1.54, 1.807) is 0 Å². The Morgan fingerprint density at radius 1 is 0.969 bits per heavy atom. The van der Waals surface area contributed by atoms with E-state index in [0.29, 0.717) is 18.8 Å². The molecule has 0 bridgehead atoms. The Morgan fingerprint density at radius 2 is 1.53 bits per heavy atom. The van der Waals surface area contributed by atoms with E-state index in [-0.39, 0.29) is 24.0 Å². The van der Waals surface area contributed by atoms with Crippen molar-refractivity contribution in [1.29, 1.82) is 0 Å². The third-order valence-electron chi connectivity index (χ3n) is 6.33. The zero-order valence-electron chi connectivity index (χ0n) is 18.5. The van der Waals surface area contributed by atoms with Crippen LogP contribution in [0.3, 0.4) is 0 Å². The van der Waals surface area contributed by atoms with E-state index in [2.05, 4.69) is 4.90 Å². The van der Waals surface area contributed by atoms with Crippen molar-refractivity contribution in [3.8, 4) is 0 Å². The van der Waals surface area contributed by atoms with E-state index in [4.69, 9.17) is 5.73 Å². The van der Waals surface area contributed by atoms with Crippen molar-refractivity contribution in [3.05, 3.63) is 102 Å². The number of aliphatic hydroxyl groups excluding tert-OH is 1. The second-order valence-corrected chi connectivity index (χ2v) is 8.59. The van der Waals surface area contributed by atoms with Crippen molar-refractivity contribution < 1.29 is 9.90 Å². The van der Waals surface area contributed by atoms with Gasteiger partial charge in [0.1, 0.15) is 0 Å². The van der Waals surface area contributed by atoms with Gasteiger partial charge in [-0.2, -0.15) is 0 Å². The van der Waals surface area contributed by atoms with Crippen molar-refractivity contribution in [2.75, 3.05) is 32.4 Å². The van der Waals surface area contributed by atoms with Crippen LogP contribution in [-0.2, 0) is 4.79 Å². The van der Waals surface area contributed by atoms with Crippen molar-refractivity contribution in [2.45, 2.75) is 24.5 Å². The van der Waals surface area contributed by atoms with Crippen LogP contribution in [0.5, 0.6) is 0 Å². The molecule has 1 aliphatic rings. The maximum atomic E-state index is 14.0. The molecule has 0 aromatic heterocycles. The lowest BCUT2D eigenvalue weighted by Crippen LogP contribution is -2.41. The number of hydrogen-bond donors (Lipinski definition) is 2. The summed E-state index contributed by atoms with van der Waals surface area (Å²) in [4.78, 5) is 18.1. The van der Waals surface area contributed by atoms with Gasteiger partial charge in [0.05, 0.1) is 18.1 Å². The molecule has 0 saturated carbocycles. The van der Waals surface area contributed by atoms with Gasteiger partial charge in [-0.25, -0.2) is 0 Å². The number of benzene rings is 3. The average Bonchev–Trinajstić information content (AvgIpc) is 3.24. The Kier molecular flexibility index (Phi) is 6.88. The number of carbonyl (C=O) groups is 1. The molecule has 166 valence electrons. The highest BCUT2D eigenvalue weighted by molar-refractivity contribution is 5.87. The molecule has 1 fully saturated rings.